The van der Waals surface area contributed by atoms with E-state index in [1.807, 2.05) is 6.07 Å². The number of para-hydroxylation sites is 1. The van der Waals surface area contributed by atoms with E-state index in [2.05, 4.69) is 86.1 Å². The summed E-state index contributed by atoms with van der Waals surface area (Å²) in [6.07, 6.45) is 0. The average molecular weight is 341 g/mol. The lowest BCUT2D eigenvalue weighted by molar-refractivity contribution is 0.416. The van der Waals surface area contributed by atoms with Crippen molar-refractivity contribution in [1.29, 1.82) is 0 Å². The predicted octanol–water partition coefficient (Wildman–Crippen LogP) is 6.14. The maximum Gasteiger partial charge on any atom is 0.126 e. The monoisotopic (exact) mass is 341 g/mol. The van der Waals surface area contributed by atoms with Crippen LogP contribution < -0.4 is 4.74 Å². The fourth-order valence-electron chi connectivity index (χ4n) is 3.87. The molecule has 0 aliphatic carbocycles. The second-order valence-electron chi connectivity index (χ2n) is 6.83. The third kappa shape index (κ3) is 2.59. The van der Waals surface area contributed by atoms with Crippen LogP contribution in [-0.4, -0.2) is 11.7 Å². The molecule has 130 valence electrons. The molecule has 0 aliphatic rings. The number of hydrogen-bond acceptors (Lipinski definition) is 1. The average Bonchev–Trinajstić information content (AvgIpc) is 2.93. The number of rotatable bonds is 3. The minimum atomic E-state index is 0.904. The molecule has 2 nitrogen and oxygen atoms in total. The van der Waals surface area contributed by atoms with Crippen molar-refractivity contribution in [3.63, 3.8) is 0 Å². The topological polar surface area (TPSA) is 14.2 Å². The van der Waals surface area contributed by atoms with Crippen LogP contribution in [0.25, 0.3) is 33.3 Å². The molecule has 0 spiro atoms. The van der Waals surface area contributed by atoms with Gasteiger partial charge in [0, 0.05) is 23.5 Å². The fraction of sp³-hybridized carbons (Fsp3) is 0.167. The number of methoxy groups -OCH3 is 1. The van der Waals surface area contributed by atoms with Crippen molar-refractivity contribution in [1.82, 2.24) is 4.57 Å². The Hall–Kier alpha value is -3.00. The zero-order valence-electron chi connectivity index (χ0n) is 15.7. The molecule has 3 aromatic carbocycles. The quantitative estimate of drug-likeness (QED) is 0.437. The van der Waals surface area contributed by atoms with E-state index in [4.69, 9.17) is 4.74 Å². The van der Waals surface area contributed by atoms with Crippen LogP contribution in [0, 0.1) is 13.8 Å². The van der Waals surface area contributed by atoms with Crippen LogP contribution in [-0.2, 0) is 7.05 Å². The highest BCUT2D eigenvalue weighted by Gasteiger charge is 2.14. The lowest BCUT2D eigenvalue weighted by Crippen LogP contribution is -1.93. The lowest BCUT2D eigenvalue weighted by atomic mass is 9.98. The van der Waals surface area contributed by atoms with Gasteiger partial charge in [-0.15, -0.1) is 0 Å². The Bertz CT molecular complexity index is 1070. The van der Waals surface area contributed by atoms with Gasteiger partial charge >= 0.3 is 0 Å². The second-order valence-corrected chi connectivity index (χ2v) is 6.83. The summed E-state index contributed by atoms with van der Waals surface area (Å²) < 4.78 is 7.88. The molecule has 26 heavy (non-hydrogen) atoms. The SMILES string of the molecule is COc1ccc(C)cc1-c1cccc(-c2c(C)c3ccccc3n2C)c1. The summed E-state index contributed by atoms with van der Waals surface area (Å²) in [4.78, 5) is 0. The molecule has 1 heterocycles. The Morgan fingerprint density at radius 1 is 0.808 bits per heavy atom. The number of aromatic nitrogens is 1. The number of hydrogen-bond donors (Lipinski definition) is 0. The molecule has 0 aliphatic heterocycles. The van der Waals surface area contributed by atoms with Crippen LogP contribution in [0.5, 0.6) is 5.75 Å². The van der Waals surface area contributed by atoms with Crippen LogP contribution in [0.4, 0.5) is 0 Å². The molecule has 0 saturated heterocycles. The van der Waals surface area contributed by atoms with Crippen LogP contribution >= 0.6 is 0 Å². The number of benzene rings is 3. The van der Waals surface area contributed by atoms with Gasteiger partial charge < -0.3 is 9.30 Å². The van der Waals surface area contributed by atoms with Crippen LogP contribution in [0.15, 0.2) is 66.7 Å². The van der Waals surface area contributed by atoms with E-state index in [1.165, 1.54) is 38.9 Å². The van der Waals surface area contributed by atoms with Gasteiger partial charge in [-0.05, 0) is 54.8 Å². The lowest BCUT2D eigenvalue weighted by Gasteiger charge is -2.12. The van der Waals surface area contributed by atoms with Gasteiger partial charge in [-0.25, -0.2) is 0 Å². The van der Waals surface area contributed by atoms with Gasteiger partial charge in [0.2, 0.25) is 0 Å². The molecule has 0 unspecified atom stereocenters. The van der Waals surface area contributed by atoms with Gasteiger partial charge in [0.25, 0.3) is 0 Å². The Labute approximate surface area is 154 Å². The molecule has 0 amide bonds. The van der Waals surface area contributed by atoms with E-state index < -0.39 is 0 Å². The molecule has 0 radical (unpaired) electrons. The van der Waals surface area contributed by atoms with Crippen molar-refractivity contribution >= 4 is 10.9 Å². The first kappa shape index (κ1) is 16.5. The van der Waals surface area contributed by atoms with E-state index in [9.17, 15) is 0 Å². The van der Waals surface area contributed by atoms with Gasteiger partial charge in [-0.2, -0.15) is 0 Å². The molecule has 2 heteroatoms. The summed E-state index contributed by atoms with van der Waals surface area (Å²) in [5.74, 6) is 0.904. The van der Waals surface area contributed by atoms with Gasteiger partial charge in [0.15, 0.2) is 0 Å². The standard InChI is InChI=1S/C24H23NO/c1-16-12-13-23(26-4)21(14-16)18-8-7-9-19(15-18)24-17(2)20-10-5-6-11-22(20)25(24)3/h5-15H,1-4H3. The van der Waals surface area contributed by atoms with E-state index >= 15 is 0 Å². The fourth-order valence-corrected chi connectivity index (χ4v) is 3.87. The van der Waals surface area contributed by atoms with Gasteiger partial charge in [-0.3, -0.25) is 0 Å². The van der Waals surface area contributed by atoms with Crippen molar-refractivity contribution in [2.45, 2.75) is 13.8 Å². The third-order valence-corrected chi connectivity index (χ3v) is 5.16. The number of nitrogens with zero attached hydrogens (tertiary/aromatic N) is 1. The molecular weight excluding hydrogens is 318 g/mol. The Morgan fingerprint density at radius 3 is 2.35 bits per heavy atom. The normalized spacial score (nSPS) is 11.1. The summed E-state index contributed by atoms with van der Waals surface area (Å²) in [5, 5.41) is 1.31. The van der Waals surface area contributed by atoms with Crippen molar-refractivity contribution in [2.75, 3.05) is 7.11 Å². The highest BCUT2D eigenvalue weighted by atomic mass is 16.5. The molecule has 0 atom stereocenters. The van der Waals surface area contributed by atoms with Crippen LogP contribution in [0.2, 0.25) is 0 Å². The summed E-state index contributed by atoms with van der Waals surface area (Å²) in [6.45, 7) is 4.32. The number of fused-ring (bicyclic) bond motifs is 1. The minimum absolute atomic E-state index is 0.904. The molecule has 0 bridgehead atoms. The number of aryl methyl sites for hydroxylation is 3. The first-order chi connectivity index (χ1) is 12.6. The molecule has 0 fully saturated rings. The Kier molecular flexibility index (Phi) is 4.04. The maximum absolute atomic E-state index is 5.59. The minimum Gasteiger partial charge on any atom is -0.496 e. The van der Waals surface area contributed by atoms with E-state index in [0.29, 0.717) is 0 Å². The highest BCUT2D eigenvalue weighted by molar-refractivity contribution is 5.92. The summed E-state index contributed by atoms with van der Waals surface area (Å²) in [5.41, 5.74) is 8.60. The van der Waals surface area contributed by atoms with Gasteiger partial charge in [0.05, 0.1) is 12.8 Å². The Balaban J connectivity index is 1.92. The van der Waals surface area contributed by atoms with Crippen LogP contribution in [0.1, 0.15) is 11.1 Å². The molecule has 0 saturated carbocycles. The van der Waals surface area contributed by atoms with E-state index in [0.717, 1.165) is 11.3 Å². The summed E-state index contributed by atoms with van der Waals surface area (Å²) in [7, 11) is 3.87. The Morgan fingerprint density at radius 2 is 1.58 bits per heavy atom. The van der Waals surface area contributed by atoms with Crippen molar-refractivity contribution < 1.29 is 4.74 Å². The van der Waals surface area contributed by atoms with Crippen molar-refractivity contribution in [3.8, 4) is 28.1 Å². The summed E-state index contributed by atoms with van der Waals surface area (Å²) in [6, 6.07) is 23.6. The zero-order chi connectivity index (χ0) is 18.3. The molecule has 4 aromatic rings. The van der Waals surface area contributed by atoms with E-state index in [1.54, 1.807) is 7.11 Å². The van der Waals surface area contributed by atoms with E-state index in [-0.39, 0.29) is 0 Å². The maximum atomic E-state index is 5.59. The first-order valence-corrected chi connectivity index (χ1v) is 8.89. The highest BCUT2D eigenvalue weighted by Crippen LogP contribution is 2.36. The first-order valence-electron chi connectivity index (χ1n) is 8.89. The molecule has 0 N–H and O–H groups in total. The predicted molar refractivity (Wildman–Crippen MR) is 110 cm³/mol. The third-order valence-electron chi connectivity index (χ3n) is 5.16. The summed E-state index contributed by atoms with van der Waals surface area (Å²) >= 11 is 0. The number of ether oxygens (including phenoxy) is 1. The zero-order valence-corrected chi connectivity index (χ0v) is 15.7. The van der Waals surface area contributed by atoms with Crippen molar-refractivity contribution in [3.05, 3.63) is 77.9 Å². The van der Waals surface area contributed by atoms with Crippen LogP contribution in [0.3, 0.4) is 0 Å². The largest absolute Gasteiger partial charge is 0.496 e. The van der Waals surface area contributed by atoms with Gasteiger partial charge in [0.1, 0.15) is 5.75 Å². The smallest absolute Gasteiger partial charge is 0.126 e. The van der Waals surface area contributed by atoms with Crippen molar-refractivity contribution in [2.24, 2.45) is 7.05 Å². The molecular formula is C24H23NO. The van der Waals surface area contributed by atoms with Gasteiger partial charge in [-0.1, -0.05) is 48.0 Å². The molecule has 1 aromatic heterocycles. The second kappa shape index (κ2) is 6.38. The molecule has 4 rings (SSSR count).